The van der Waals surface area contributed by atoms with Gasteiger partial charge in [-0.1, -0.05) is 73.9 Å². The van der Waals surface area contributed by atoms with Gasteiger partial charge in [0, 0.05) is 13.0 Å². The summed E-state index contributed by atoms with van der Waals surface area (Å²) in [6.45, 7) is 17.6. The lowest BCUT2D eigenvalue weighted by Crippen LogP contribution is -2.34. The molecule has 2 saturated carbocycles. The second-order valence-electron chi connectivity index (χ2n) is 8.91. The first-order chi connectivity index (χ1) is 13.4. The molecule has 0 heterocycles. The SMILES string of the molecule is CC.CCC.CCC(C)c1ccc(OC(OC)C2CC3CCC2C3(C)C)cc1. The topological polar surface area (TPSA) is 18.5 Å². The Balaban J connectivity index is 0.000000717. The van der Waals surface area contributed by atoms with Crippen LogP contribution in [0.25, 0.3) is 0 Å². The van der Waals surface area contributed by atoms with Crippen molar-refractivity contribution in [1.29, 1.82) is 0 Å². The van der Waals surface area contributed by atoms with Crippen molar-refractivity contribution in [2.45, 2.75) is 99.7 Å². The molecule has 2 aliphatic carbocycles. The first kappa shape index (κ1) is 25.0. The minimum Gasteiger partial charge on any atom is -0.465 e. The van der Waals surface area contributed by atoms with Crippen molar-refractivity contribution >= 4 is 0 Å². The minimum atomic E-state index is -0.112. The van der Waals surface area contributed by atoms with Crippen LogP contribution in [0, 0.1) is 23.2 Å². The minimum absolute atomic E-state index is 0.112. The molecule has 0 aliphatic heterocycles. The van der Waals surface area contributed by atoms with Gasteiger partial charge < -0.3 is 9.47 Å². The molecule has 162 valence electrons. The first-order valence-corrected chi connectivity index (χ1v) is 11.7. The standard InChI is InChI=1S/C21H32O2.C3H8.C2H6/c1-6-14(2)15-7-10-17(11-8-15)23-20(22-5)18-13-16-9-12-19(18)21(16,3)4;1-3-2;1-2/h7-8,10-11,14,16,18-20H,6,9,12-13H2,1-5H3;3H2,1-2H3;1-2H3. The van der Waals surface area contributed by atoms with Gasteiger partial charge in [-0.2, -0.15) is 0 Å². The third-order valence-electron chi connectivity index (χ3n) is 6.80. The van der Waals surface area contributed by atoms with Crippen LogP contribution in [0.2, 0.25) is 0 Å². The molecule has 2 nitrogen and oxygen atoms in total. The second-order valence-corrected chi connectivity index (χ2v) is 8.91. The predicted molar refractivity (Wildman–Crippen MR) is 122 cm³/mol. The van der Waals surface area contributed by atoms with Crippen LogP contribution in [0.5, 0.6) is 5.75 Å². The van der Waals surface area contributed by atoms with Crippen molar-refractivity contribution < 1.29 is 9.47 Å². The van der Waals surface area contributed by atoms with Crippen LogP contribution in [0.3, 0.4) is 0 Å². The zero-order valence-corrected chi connectivity index (χ0v) is 20.0. The van der Waals surface area contributed by atoms with Gasteiger partial charge in [-0.3, -0.25) is 0 Å². The lowest BCUT2D eigenvalue weighted by molar-refractivity contribution is -0.109. The van der Waals surface area contributed by atoms with Crippen molar-refractivity contribution in [2.75, 3.05) is 7.11 Å². The summed E-state index contributed by atoms with van der Waals surface area (Å²) in [6, 6.07) is 8.60. The summed E-state index contributed by atoms with van der Waals surface area (Å²) < 4.78 is 12.0. The summed E-state index contributed by atoms with van der Waals surface area (Å²) in [4.78, 5) is 0. The smallest absolute Gasteiger partial charge is 0.202 e. The monoisotopic (exact) mass is 390 g/mol. The molecule has 0 saturated heterocycles. The number of rotatable bonds is 6. The van der Waals surface area contributed by atoms with E-state index in [9.17, 15) is 0 Å². The number of methoxy groups -OCH3 is 1. The van der Waals surface area contributed by atoms with E-state index in [1.54, 1.807) is 7.11 Å². The summed E-state index contributed by atoms with van der Waals surface area (Å²) in [5, 5.41) is 0. The summed E-state index contributed by atoms with van der Waals surface area (Å²) in [7, 11) is 1.79. The summed E-state index contributed by atoms with van der Waals surface area (Å²) in [6.07, 6.45) is 6.27. The van der Waals surface area contributed by atoms with Crippen LogP contribution in [-0.2, 0) is 4.74 Å². The van der Waals surface area contributed by atoms with E-state index in [4.69, 9.17) is 9.47 Å². The first-order valence-electron chi connectivity index (χ1n) is 11.7. The zero-order chi connectivity index (χ0) is 21.3. The maximum atomic E-state index is 6.24. The van der Waals surface area contributed by atoms with Gasteiger partial charge in [0.15, 0.2) is 0 Å². The maximum absolute atomic E-state index is 6.24. The van der Waals surface area contributed by atoms with Gasteiger partial charge in [-0.15, -0.1) is 0 Å². The van der Waals surface area contributed by atoms with E-state index in [1.165, 1.54) is 37.7 Å². The van der Waals surface area contributed by atoms with E-state index < -0.39 is 0 Å². The lowest BCUT2D eigenvalue weighted by atomic mass is 9.80. The summed E-state index contributed by atoms with van der Waals surface area (Å²) in [5.74, 6) is 3.64. The highest BCUT2D eigenvalue weighted by Crippen LogP contribution is 2.61. The molecule has 1 aromatic rings. The average molecular weight is 391 g/mol. The Bertz CT molecular complexity index is 534. The van der Waals surface area contributed by atoms with E-state index in [-0.39, 0.29) is 6.29 Å². The lowest BCUT2D eigenvalue weighted by Gasteiger charge is -2.31. The third kappa shape index (κ3) is 5.75. The van der Waals surface area contributed by atoms with E-state index in [2.05, 4.69) is 65.8 Å². The van der Waals surface area contributed by atoms with E-state index in [1.807, 2.05) is 13.8 Å². The molecule has 2 aliphatic rings. The molecule has 0 spiro atoms. The molecule has 1 aromatic carbocycles. The quantitative estimate of drug-likeness (QED) is 0.457. The average Bonchev–Trinajstić information content (AvgIpc) is 3.15. The Morgan fingerprint density at radius 3 is 2.00 bits per heavy atom. The Hall–Kier alpha value is -1.02. The third-order valence-corrected chi connectivity index (χ3v) is 6.80. The molecule has 0 radical (unpaired) electrons. The van der Waals surface area contributed by atoms with Crippen molar-refractivity contribution in [2.24, 2.45) is 23.2 Å². The summed E-state index contributed by atoms with van der Waals surface area (Å²) >= 11 is 0. The van der Waals surface area contributed by atoms with Gasteiger partial charge in [-0.25, -0.2) is 0 Å². The number of benzene rings is 1. The van der Waals surface area contributed by atoms with Crippen LogP contribution in [-0.4, -0.2) is 13.4 Å². The van der Waals surface area contributed by atoms with Crippen LogP contribution < -0.4 is 4.74 Å². The predicted octanol–water partition coefficient (Wildman–Crippen LogP) is 8.07. The molecular formula is C26H46O2. The zero-order valence-electron chi connectivity index (χ0n) is 20.0. The highest BCUT2D eigenvalue weighted by atomic mass is 16.7. The normalized spacial score (nSPS) is 26.4. The summed E-state index contributed by atoms with van der Waals surface area (Å²) in [5.41, 5.74) is 1.83. The van der Waals surface area contributed by atoms with Crippen LogP contribution in [0.4, 0.5) is 0 Å². The van der Waals surface area contributed by atoms with E-state index in [0.717, 1.165) is 17.6 Å². The Morgan fingerprint density at radius 1 is 1.04 bits per heavy atom. The molecule has 2 heteroatoms. The molecular weight excluding hydrogens is 344 g/mol. The van der Waals surface area contributed by atoms with Crippen LogP contribution >= 0.6 is 0 Å². The molecule has 0 amide bonds. The molecule has 28 heavy (non-hydrogen) atoms. The van der Waals surface area contributed by atoms with Gasteiger partial charge in [0.25, 0.3) is 0 Å². The van der Waals surface area contributed by atoms with Crippen molar-refractivity contribution in [1.82, 2.24) is 0 Å². The Labute approximate surface area is 175 Å². The van der Waals surface area contributed by atoms with Gasteiger partial charge in [-0.05, 0) is 66.5 Å². The number of hydrogen-bond acceptors (Lipinski definition) is 2. The van der Waals surface area contributed by atoms with Crippen molar-refractivity contribution in [3.63, 3.8) is 0 Å². The van der Waals surface area contributed by atoms with Gasteiger partial charge in [0.1, 0.15) is 5.75 Å². The number of hydrogen-bond donors (Lipinski definition) is 0. The van der Waals surface area contributed by atoms with Gasteiger partial charge >= 0.3 is 0 Å². The van der Waals surface area contributed by atoms with Crippen molar-refractivity contribution in [3.05, 3.63) is 29.8 Å². The fourth-order valence-corrected chi connectivity index (χ4v) is 4.96. The molecule has 2 bridgehead atoms. The molecule has 0 N–H and O–H groups in total. The van der Waals surface area contributed by atoms with Gasteiger partial charge in [0.2, 0.25) is 6.29 Å². The molecule has 2 fully saturated rings. The Morgan fingerprint density at radius 2 is 1.61 bits per heavy atom. The highest BCUT2D eigenvalue weighted by molar-refractivity contribution is 5.29. The maximum Gasteiger partial charge on any atom is 0.202 e. The molecule has 5 atom stereocenters. The largest absolute Gasteiger partial charge is 0.465 e. The molecule has 3 rings (SSSR count). The fraction of sp³-hybridized carbons (Fsp3) is 0.769. The molecule has 0 aromatic heterocycles. The van der Waals surface area contributed by atoms with Crippen LogP contribution in [0.1, 0.15) is 99.0 Å². The molecule has 5 unspecified atom stereocenters. The van der Waals surface area contributed by atoms with Gasteiger partial charge in [0.05, 0.1) is 0 Å². The number of ether oxygens (including phenoxy) is 2. The number of fused-ring (bicyclic) bond motifs is 2. The van der Waals surface area contributed by atoms with Crippen molar-refractivity contribution in [3.8, 4) is 5.75 Å². The Kier molecular flexibility index (Phi) is 10.6. The fourth-order valence-electron chi connectivity index (χ4n) is 4.96. The van der Waals surface area contributed by atoms with E-state index >= 15 is 0 Å². The van der Waals surface area contributed by atoms with Crippen LogP contribution in [0.15, 0.2) is 24.3 Å². The van der Waals surface area contributed by atoms with E-state index in [0.29, 0.717) is 17.3 Å². The second kappa shape index (κ2) is 11.9. The highest BCUT2D eigenvalue weighted by Gasteiger charge is 2.55.